The van der Waals surface area contributed by atoms with E-state index >= 15 is 0 Å². The summed E-state index contributed by atoms with van der Waals surface area (Å²) in [6.45, 7) is 2.86. The molecule has 0 aromatic carbocycles. The molecular weight excluding hydrogens is 246 g/mol. The lowest BCUT2D eigenvalue weighted by Gasteiger charge is -2.10. The predicted octanol–water partition coefficient (Wildman–Crippen LogP) is 2.38. The third-order valence-electron chi connectivity index (χ3n) is 3.45. The SMILES string of the molecule is CC(CCO)CNC(=O)c1cc2c(s1)CCCC2. The fourth-order valence-corrected chi connectivity index (χ4v) is 3.45. The van der Waals surface area contributed by atoms with Crippen molar-refractivity contribution in [2.45, 2.75) is 39.0 Å². The Labute approximate surface area is 112 Å². The lowest BCUT2D eigenvalue weighted by Crippen LogP contribution is -2.28. The lowest BCUT2D eigenvalue weighted by atomic mass is 9.99. The van der Waals surface area contributed by atoms with Crippen molar-refractivity contribution in [1.29, 1.82) is 0 Å². The minimum atomic E-state index is 0.0409. The Balaban J connectivity index is 1.90. The number of aryl methyl sites for hydroxylation is 2. The fourth-order valence-electron chi connectivity index (χ4n) is 2.28. The maximum absolute atomic E-state index is 12.0. The minimum Gasteiger partial charge on any atom is -0.396 e. The molecule has 1 heterocycles. The number of fused-ring (bicyclic) bond motifs is 1. The van der Waals surface area contributed by atoms with Crippen molar-refractivity contribution in [3.05, 3.63) is 21.4 Å². The zero-order valence-electron chi connectivity index (χ0n) is 10.9. The molecule has 2 N–H and O–H groups in total. The molecule has 0 saturated carbocycles. The number of carbonyl (C=O) groups is 1. The molecule has 0 radical (unpaired) electrons. The van der Waals surface area contributed by atoms with Crippen LogP contribution in [0.2, 0.25) is 0 Å². The molecule has 3 nitrogen and oxygen atoms in total. The molecule has 1 aliphatic rings. The van der Waals surface area contributed by atoms with E-state index in [1.807, 2.05) is 6.92 Å². The van der Waals surface area contributed by atoms with Crippen molar-refractivity contribution in [2.24, 2.45) is 5.92 Å². The van der Waals surface area contributed by atoms with Crippen LogP contribution in [0.3, 0.4) is 0 Å². The summed E-state index contributed by atoms with van der Waals surface area (Å²) in [7, 11) is 0. The van der Waals surface area contributed by atoms with Gasteiger partial charge in [-0.25, -0.2) is 0 Å². The van der Waals surface area contributed by atoms with Gasteiger partial charge in [-0.1, -0.05) is 6.92 Å². The van der Waals surface area contributed by atoms with E-state index in [1.165, 1.54) is 23.3 Å². The summed E-state index contributed by atoms with van der Waals surface area (Å²) in [6.07, 6.45) is 5.50. The van der Waals surface area contributed by atoms with Gasteiger partial charge in [-0.2, -0.15) is 0 Å². The van der Waals surface area contributed by atoms with Gasteiger partial charge in [0.1, 0.15) is 0 Å². The highest BCUT2D eigenvalue weighted by Gasteiger charge is 2.17. The van der Waals surface area contributed by atoms with Crippen LogP contribution >= 0.6 is 11.3 Å². The van der Waals surface area contributed by atoms with Gasteiger partial charge in [-0.15, -0.1) is 11.3 Å². The first kappa shape index (κ1) is 13.6. The molecule has 0 aliphatic heterocycles. The first-order valence-corrected chi connectivity index (χ1v) is 7.53. The van der Waals surface area contributed by atoms with Gasteiger partial charge < -0.3 is 10.4 Å². The second-order valence-electron chi connectivity index (χ2n) is 5.09. The highest BCUT2D eigenvalue weighted by atomic mass is 32.1. The summed E-state index contributed by atoms with van der Waals surface area (Å²) in [5.41, 5.74) is 1.37. The zero-order chi connectivity index (χ0) is 13.0. The number of hydrogen-bond acceptors (Lipinski definition) is 3. The van der Waals surface area contributed by atoms with Crippen LogP contribution in [0.4, 0.5) is 0 Å². The number of aliphatic hydroxyl groups excluding tert-OH is 1. The lowest BCUT2D eigenvalue weighted by molar-refractivity contribution is 0.0949. The molecule has 1 aliphatic carbocycles. The van der Waals surface area contributed by atoms with Crippen molar-refractivity contribution in [3.63, 3.8) is 0 Å². The number of aliphatic hydroxyl groups is 1. The van der Waals surface area contributed by atoms with Crippen LogP contribution in [0, 0.1) is 5.92 Å². The van der Waals surface area contributed by atoms with Crippen LogP contribution < -0.4 is 5.32 Å². The minimum absolute atomic E-state index is 0.0409. The van der Waals surface area contributed by atoms with Crippen molar-refractivity contribution in [2.75, 3.05) is 13.2 Å². The number of thiophene rings is 1. The Morgan fingerprint density at radius 2 is 2.28 bits per heavy atom. The van der Waals surface area contributed by atoms with Crippen LogP contribution in [0.15, 0.2) is 6.07 Å². The highest BCUT2D eigenvalue weighted by Crippen LogP contribution is 2.29. The molecule has 1 aromatic heterocycles. The first-order chi connectivity index (χ1) is 8.70. The Hall–Kier alpha value is -0.870. The molecule has 1 unspecified atom stereocenters. The van der Waals surface area contributed by atoms with E-state index in [1.54, 1.807) is 11.3 Å². The molecule has 18 heavy (non-hydrogen) atoms. The van der Waals surface area contributed by atoms with Gasteiger partial charge in [-0.3, -0.25) is 4.79 Å². The van der Waals surface area contributed by atoms with E-state index in [0.717, 1.165) is 24.1 Å². The van der Waals surface area contributed by atoms with Crippen molar-refractivity contribution >= 4 is 17.2 Å². The van der Waals surface area contributed by atoms with Gasteiger partial charge in [-0.05, 0) is 49.7 Å². The number of carbonyl (C=O) groups excluding carboxylic acids is 1. The maximum Gasteiger partial charge on any atom is 0.261 e. The van der Waals surface area contributed by atoms with Crippen LogP contribution in [0.1, 0.15) is 46.3 Å². The Bertz CT molecular complexity index is 390. The first-order valence-electron chi connectivity index (χ1n) is 6.71. The summed E-state index contributed by atoms with van der Waals surface area (Å²) in [4.78, 5) is 14.3. The maximum atomic E-state index is 12.0. The van der Waals surface area contributed by atoms with Crippen molar-refractivity contribution in [1.82, 2.24) is 5.32 Å². The summed E-state index contributed by atoms with van der Waals surface area (Å²) >= 11 is 1.65. The van der Waals surface area contributed by atoms with Gasteiger partial charge in [0.05, 0.1) is 4.88 Å². The van der Waals surface area contributed by atoms with Crippen LogP contribution in [-0.4, -0.2) is 24.2 Å². The number of nitrogens with one attached hydrogen (secondary N) is 1. The standard InChI is InChI=1S/C14H21NO2S/c1-10(6-7-16)9-15-14(17)13-8-11-4-2-3-5-12(11)18-13/h8,10,16H,2-7,9H2,1H3,(H,15,17). The smallest absolute Gasteiger partial charge is 0.261 e. The highest BCUT2D eigenvalue weighted by molar-refractivity contribution is 7.14. The predicted molar refractivity (Wildman–Crippen MR) is 74.2 cm³/mol. The Kier molecular flexibility index (Phi) is 4.78. The molecule has 100 valence electrons. The van der Waals surface area contributed by atoms with E-state index in [9.17, 15) is 4.79 Å². The molecule has 2 rings (SSSR count). The average Bonchev–Trinajstić information content (AvgIpc) is 2.80. The van der Waals surface area contributed by atoms with Crippen LogP contribution in [-0.2, 0) is 12.8 Å². The fraction of sp³-hybridized carbons (Fsp3) is 0.643. The number of amides is 1. The summed E-state index contributed by atoms with van der Waals surface area (Å²) < 4.78 is 0. The topological polar surface area (TPSA) is 49.3 Å². The van der Waals surface area contributed by atoms with Gasteiger partial charge in [0.2, 0.25) is 0 Å². The third-order valence-corrected chi connectivity index (χ3v) is 4.69. The van der Waals surface area contributed by atoms with Gasteiger partial charge in [0, 0.05) is 18.0 Å². The van der Waals surface area contributed by atoms with Crippen molar-refractivity contribution < 1.29 is 9.90 Å². The monoisotopic (exact) mass is 267 g/mol. The molecule has 1 aromatic rings. The van der Waals surface area contributed by atoms with Gasteiger partial charge in [0.25, 0.3) is 5.91 Å². The van der Waals surface area contributed by atoms with Crippen molar-refractivity contribution in [3.8, 4) is 0 Å². The second-order valence-corrected chi connectivity index (χ2v) is 6.23. The molecule has 4 heteroatoms. The Morgan fingerprint density at radius 3 is 3.00 bits per heavy atom. The summed E-state index contributed by atoms with van der Waals surface area (Å²) in [5, 5.41) is 11.8. The summed E-state index contributed by atoms with van der Waals surface area (Å²) in [6, 6.07) is 2.06. The molecule has 0 bridgehead atoms. The van der Waals surface area contributed by atoms with E-state index in [2.05, 4.69) is 11.4 Å². The van der Waals surface area contributed by atoms with Gasteiger partial charge >= 0.3 is 0 Å². The zero-order valence-corrected chi connectivity index (χ0v) is 11.7. The molecule has 0 spiro atoms. The molecule has 1 amide bonds. The molecule has 0 fully saturated rings. The van der Waals surface area contributed by atoms with E-state index in [0.29, 0.717) is 12.5 Å². The number of rotatable bonds is 5. The van der Waals surface area contributed by atoms with Gasteiger partial charge in [0.15, 0.2) is 0 Å². The Morgan fingerprint density at radius 1 is 1.50 bits per heavy atom. The van der Waals surface area contributed by atoms with E-state index in [-0.39, 0.29) is 12.5 Å². The van der Waals surface area contributed by atoms with Crippen LogP contribution in [0.25, 0.3) is 0 Å². The molecular formula is C14H21NO2S. The van der Waals surface area contributed by atoms with E-state index < -0.39 is 0 Å². The average molecular weight is 267 g/mol. The van der Waals surface area contributed by atoms with E-state index in [4.69, 9.17) is 5.11 Å². The second kappa shape index (κ2) is 6.34. The quantitative estimate of drug-likeness (QED) is 0.860. The largest absolute Gasteiger partial charge is 0.396 e. The summed E-state index contributed by atoms with van der Waals surface area (Å²) in [5.74, 6) is 0.368. The third kappa shape index (κ3) is 3.33. The number of hydrogen-bond donors (Lipinski definition) is 2. The molecule has 1 atom stereocenters. The molecule has 0 saturated heterocycles. The normalized spacial score (nSPS) is 16.1. The van der Waals surface area contributed by atoms with Crippen LogP contribution in [0.5, 0.6) is 0 Å².